The molecule has 1 atom stereocenters. The molecule has 0 bridgehead atoms. The van der Waals surface area contributed by atoms with E-state index >= 15 is 0 Å². The summed E-state index contributed by atoms with van der Waals surface area (Å²) in [4.78, 5) is 11.5. The molecule has 0 radical (unpaired) electrons. The minimum Gasteiger partial charge on any atom is -0.444 e. The van der Waals surface area contributed by atoms with Gasteiger partial charge in [0.25, 0.3) is 0 Å². The quantitative estimate of drug-likeness (QED) is 0.291. The molecule has 92 valence electrons. The van der Waals surface area contributed by atoms with E-state index in [1.54, 1.807) is 20.8 Å². The van der Waals surface area contributed by atoms with E-state index < -0.39 is 17.7 Å². The van der Waals surface area contributed by atoms with Gasteiger partial charge < -0.3 is 21.0 Å². The van der Waals surface area contributed by atoms with Crippen molar-refractivity contribution in [2.45, 2.75) is 45.3 Å². The van der Waals surface area contributed by atoms with Crippen molar-refractivity contribution >= 4 is 11.9 Å². The van der Waals surface area contributed by atoms with E-state index in [-0.39, 0.29) is 11.8 Å². The number of nitrogens with zero attached hydrogens (tertiary/aromatic N) is 1. The van der Waals surface area contributed by atoms with Gasteiger partial charge in [-0.25, -0.2) is 4.79 Å². The van der Waals surface area contributed by atoms with Gasteiger partial charge >= 0.3 is 6.09 Å². The Hall–Kier alpha value is -1.46. The molecule has 1 aliphatic rings. The Bertz CT molecular complexity index is 292. The Labute approximate surface area is 94.8 Å². The van der Waals surface area contributed by atoms with Crippen molar-refractivity contribution in [2.75, 3.05) is 0 Å². The van der Waals surface area contributed by atoms with Crippen LogP contribution < -0.4 is 11.1 Å². The van der Waals surface area contributed by atoms with Gasteiger partial charge in [-0.1, -0.05) is 5.16 Å². The van der Waals surface area contributed by atoms with Crippen LogP contribution in [0.15, 0.2) is 5.16 Å². The van der Waals surface area contributed by atoms with Crippen molar-refractivity contribution < 1.29 is 14.7 Å². The topological polar surface area (TPSA) is 96.9 Å². The number of alkyl carbamates (subject to hydrolysis) is 1. The third-order valence-corrected chi connectivity index (χ3v) is 2.20. The molecule has 6 nitrogen and oxygen atoms in total. The van der Waals surface area contributed by atoms with Crippen molar-refractivity contribution in [3.8, 4) is 0 Å². The number of amidine groups is 1. The number of ether oxygens (including phenoxy) is 1. The summed E-state index contributed by atoms with van der Waals surface area (Å²) in [7, 11) is 0. The molecule has 6 heteroatoms. The molecule has 4 N–H and O–H groups in total. The highest BCUT2D eigenvalue weighted by Crippen LogP contribution is 2.32. The van der Waals surface area contributed by atoms with Crippen LogP contribution in [0.2, 0.25) is 0 Å². The first-order valence-electron chi connectivity index (χ1n) is 5.30. The summed E-state index contributed by atoms with van der Waals surface area (Å²) in [5.74, 6) is 0.275. The highest BCUT2D eigenvalue weighted by Gasteiger charge is 2.36. The van der Waals surface area contributed by atoms with Crippen molar-refractivity contribution in [3.63, 3.8) is 0 Å². The standard InChI is InChI=1S/C10H19N3O3/c1-10(2,3)16-9(14)12-7(6-4-5-6)8(11)13-15/h6-7,15H,4-5H2,1-3H3,(H2,11,13)(H,12,14)/t7-/m0/s1. The van der Waals surface area contributed by atoms with Gasteiger partial charge in [0.05, 0.1) is 6.04 Å². The van der Waals surface area contributed by atoms with Gasteiger partial charge in [-0.15, -0.1) is 0 Å². The Morgan fingerprint density at radius 3 is 2.50 bits per heavy atom. The van der Waals surface area contributed by atoms with E-state index in [9.17, 15) is 4.79 Å². The number of nitrogens with two attached hydrogens (primary N) is 1. The maximum atomic E-state index is 11.5. The first kappa shape index (κ1) is 12.6. The Balaban J connectivity index is 2.52. The zero-order valence-corrected chi connectivity index (χ0v) is 9.86. The minimum absolute atomic E-state index is 0.0216. The second-order valence-electron chi connectivity index (χ2n) is 4.99. The number of oxime groups is 1. The number of carbonyl (C=O) groups excluding carboxylic acids is 1. The van der Waals surface area contributed by atoms with Crippen LogP contribution in [0.4, 0.5) is 4.79 Å². The van der Waals surface area contributed by atoms with Crippen LogP contribution >= 0.6 is 0 Å². The van der Waals surface area contributed by atoms with Gasteiger partial charge in [0, 0.05) is 0 Å². The lowest BCUT2D eigenvalue weighted by atomic mass is 10.1. The molecule has 0 aromatic rings. The zero-order valence-electron chi connectivity index (χ0n) is 9.86. The van der Waals surface area contributed by atoms with Crippen LogP contribution in [-0.4, -0.2) is 28.8 Å². The Kier molecular flexibility index (Phi) is 3.62. The largest absolute Gasteiger partial charge is 0.444 e. The minimum atomic E-state index is -0.552. The maximum absolute atomic E-state index is 11.5. The number of rotatable bonds is 3. The maximum Gasteiger partial charge on any atom is 0.408 e. The average Bonchev–Trinajstić information content (AvgIpc) is 2.93. The number of amides is 1. The molecule has 0 heterocycles. The van der Waals surface area contributed by atoms with E-state index in [2.05, 4.69) is 10.5 Å². The van der Waals surface area contributed by atoms with E-state index in [1.807, 2.05) is 0 Å². The normalized spacial score (nSPS) is 19.1. The monoisotopic (exact) mass is 229 g/mol. The van der Waals surface area contributed by atoms with Crippen molar-refractivity contribution in [1.29, 1.82) is 0 Å². The van der Waals surface area contributed by atoms with Crippen LogP contribution in [0.5, 0.6) is 0 Å². The smallest absolute Gasteiger partial charge is 0.408 e. The summed E-state index contributed by atoms with van der Waals surface area (Å²) >= 11 is 0. The highest BCUT2D eigenvalue weighted by molar-refractivity contribution is 5.89. The lowest BCUT2D eigenvalue weighted by molar-refractivity contribution is 0.0513. The Morgan fingerprint density at radius 2 is 2.12 bits per heavy atom. The molecular weight excluding hydrogens is 210 g/mol. The number of carbonyl (C=O) groups is 1. The van der Waals surface area contributed by atoms with E-state index in [0.29, 0.717) is 0 Å². The van der Waals surface area contributed by atoms with Crippen LogP contribution in [0.25, 0.3) is 0 Å². The number of hydrogen-bond donors (Lipinski definition) is 3. The zero-order chi connectivity index (χ0) is 12.3. The SMILES string of the molecule is CC(C)(C)OC(=O)N[C@H](/C(N)=N\O)C1CC1. The molecule has 1 rings (SSSR count). The molecule has 1 fully saturated rings. The van der Waals surface area contributed by atoms with Gasteiger partial charge in [0.1, 0.15) is 5.60 Å². The predicted molar refractivity (Wildman–Crippen MR) is 59.3 cm³/mol. The third-order valence-electron chi connectivity index (χ3n) is 2.20. The Morgan fingerprint density at radius 1 is 1.56 bits per heavy atom. The summed E-state index contributed by atoms with van der Waals surface area (Å²) in [6, 6.07) is -0.431. The molecule has 1 saturated carbocycles. The summed E-state index contributed by atoms with van der Waals surface area (Å²) in [6.45, 7) is 5.34. The predicted octanol–water partition coefficient (Wildman–Crippen LogP) is 1.04. The van der Waals surface area contributed by atoms with Gasteiger partial charge in [-0.05, 0) is 39.5 Å². The lowest BCUT2D eigenvalue weighted by Gasteiger charge is -2.22. The molecule has 1 aliphatic carbocycles. The lowest BCUT2D eigenvalue weighted by Crippen LogP contribution is -2.47. The fourth-order valence-electron chi connectivity index (χ4n) is 1.36. The molecule has 0 aromatic carbocycles. The first-order chi connectivity index (χ1) is 7.33. The second-order valence-corrected chi connectivity index (χ2v) is 4.99. The van der Waals surface area contributed by atoms with E-state index in [4.69, 9.17) is 15.7 Å². The number of nitrogens with one attached hydrogen (secondary N) is 1. The molecule has 0 aliphatic heterocycles. The fraction of sp³-hybridized carbons (Fsp3) is 0.800. The van der Waals surface area contributed by atoms with Gasteiger partial charge in [0.2, 0.25) is 0 Å². The van der Waals surface area contributed by atoms with Crippen molar-refractivity contribution in [2.24, 2.45) is 16.8 Å². The molecular formula is C10H19N3O3. The molecule has 0 unspecified atom stereocenters. The first-order valence-corrected chi connectivity index (χ1v) is 5.30. The summed E-state index contributed by atoms with van der Waals surface area (Å²) < 4.78 is 5.10. The average molecular weight is 229 g/mol. The second kappa shape index (κ2) is 4.59. The van der Waals surface area contributed by atoms with Crippen LogP contribution in [-0.2, 0) is 4.74 Å². The fourth-order valence-corrected chi connectivity index (χ4v) is 1.36. The van der Waals surface area contributed by atoms with E-state index in [0.717, 1.165) is 12.8 Å². The molecule has 16 heavy (non-hydrogen) atoms. The van der Waals surface area contributed by atoms with Crippen LogP contribution in [0, 0.1) is 5.92 Å². The summed E-state index contributed by atoms with van der Waals surface area (Å²) in [5.41, 5.74) is 4.95. The van der Waals surface area contributed by atoms with Gasteiger partial charge in [0.15, 0.2) is 5.84 Å². The molecule has 0 aromatic heterocycles. The van der Waals surface area contributed by atoms with E-state index in [1.165, 1.54) is 0 Å². The highest BCUT2D eigenvalue weighted by atomic mass is 16.6. The summed E-state index contributed by atoms with van der Waals surface area (Å²) in [5, 5.41) is 14.1. The number of hydrogen-bond acceptors (Lipinski definition) is 4. The summed E-state index contributed by atoms with van der Waals surface area (Å²) in [6.07, 6.45) is 1.39. The molecule has 0 saturated heterocycles. The third kappa shape index (κ3) is 3.96. The van der Waals surface area contributed by atoms with Crippen molar-refractivity contribution in [3.05, 3.63) is 0 Å². The molecule has 1 amide bonds. The van der Waals surface area contributed by atoms with Gasteiger partial charge in [-0.3, -0.25) is 0 Å². The van der Waals surface area contributed by atoms with Crippen LogP contribution in [0.1, 0.15) is 33.6 Å². The molecule has 0 spiro atoms. The van der Waals surface area contributed by atoms with Crippen LogP contribution in [0.3, 0.4) is 0 Å². The van der Waals surface area contributed by atoms with Crippen molar-refractivity contribution in [1.82, 2.24) is 5.32 Å². The van der Waals surface area contributed by atoms with Gasteiger partial charge in [-0.2, -0.15) is 0 Å².